The quantitative estimate of drug-likeness (QED) is 0.445. The van der Waals surface area contributed by atoms with E-state index >= 15 is 0 Å². The number of amides is 2. The number of aliphatic hydroxyl groups is 1. The number of nitrogens with one attached hydrogen (secondary N) is 2. The SMILES string of the molecule is CCOCC1CC(NC2CCC(O)(c3ccccn3)CC2)CN1C(=O)CNC(=O)c1cccc(C(F)(F)F)c1. The van der Waals surface area contributed by atoms with Crippen LogP contribution in [0.1, 0.15) is 60.6 Å². The molecule has 0 bridgehead atoms. The van der Waals surface area contributed by atoms with Gasteiger partial charge in [-0.25, -0.2) is 0 Å². The summed E-state index contributed by atoms with van der Waals surface area (Å²) in [4.78, 5) is 31.5. The molecular formula is C28H35F3N4O4. The van der Waals surface area contributed by atoms with Gasteiger partial charge < -0.3 is 25.4 Å². The van der Waals surface area contributed by atoms with Gasteiger partial charge in [0.2, 0.25) is 5.91 Å². The topological polar surface area (TPSA) is 104 Å². The van der Waals surface area contributed by atoms with E-state index in [-0.39, 0.29) is 36.1 Å². The molecule has 4 rings (SSSR count). The molecule has 1 saturated carbocycles. The monoisotopic (exact) mass is 548 g/mol. The maximum atomic E-state index is 13.1. The molecule has 0 radical (unpaired) electrons. The van der Waals surface area contributed by atoms with E-state index < -0.39 is 23.2 Å². The second-order valence-corrected chi connectivity index (χ2v) is 10.2. The second kappa shape index (κ2) is 12.4. The van der Waals surface area contributed by atoms with E-state index in [4.69, 9.17) is 4.74 Å². The summed E-state index contributed by atoms with van der Waals surface area (Å²) in [6.45, 7) is 2.82. The van der Waals surface area contributed by atoms with Crippen LogP contribution in [-0.4, -0.2) is 71.2 Å². The molecule has 2 atom stereocenters. The molecule has 1 aliphatic carbocycles. The third-order valence-electron chi connectivity index (χ3n) is 7.53. The molecule has 1 aliphatic heterocycles. The number of alkyl halides is 3. The number of hydrogen-bond acceptors (Lipinski definition) is 6. The zero-order chi connectivity index (χ0) is 28.0. The lowest BCUT2D eigenvalue weighted by molar-refractivity contribution is -0.137. The van der Waals surface area contributed by atoms with Crippen LogP contribution in [0.25, 0.3) is 0 Å². The molecule has 3 N–H and O–H groups in total. The average Bonchev–Trinajstić information content (AvgIpc) is 3.34. The van der Waals surface area contributed by atoms with Crippen molar-refractivity contribution < 1.29 is 32.6 Å². The van der Waals surface area contributed by atoms with Gasteiger partial charge in [-0.2, -0.15) is 13.2 Å². The Morgan fingerprint density at radius 2 is 1.92 bits per heavy atom. The Morgan fingerprint density at radius 1 is 1.15 bits per heavy atom. The van der Waals surface area contributed by atoms with Crippen LogP contribution in [0.15, 0.2) is 48.7 Å². The first-order valence-corrected chi connectivity index (χ1v) is 13.3. The molecule has 1 aromatic heterocycles. The number of carbonyl (C=O) groups excluding carboxylic acids is 2. The first kappa shape index (κ1) is 29.0. The van der Waals surface area contributed by atoms with E-state index in [0.29, 0.717) is 44.7 Å². The summed E-state index contributed by atoms with van der Waals surface area (Å²) in [5.41, 5.74) is -1.34. The lowest BCUT2D eigenvalue weighted by Crippen LogP contribution is -2.47. The summed E-state index contributed by atoms with van der Waals surface area (Å²) < 4.78 is 44.6. The highest BCUT2D eigenvalue weighted by Crippen LogP contribution is 2.36. The number of pyridine rings is 1. The summed E-state index contributed by atoms with van der Waals surface area (Å²) in [6, 6.07) is 9.66. The van der Waals surface area contributed by atoms with Gasteiger partial charge in [0.15, 0.2) is 0 Å². The molecular weight excluding hydrogens is 513 g/mol. The zero-order valence-electron chi connectivity index (χ0n) is 21.9. The fourth-order valence-corrected chi connectivity index (χ4v) is 5.44. The Balaban J connectivity index is 1.31. The first-order valence-electron chi connectivity index (χ1n) is 13.3. The maximum absolute atomic E-state index is 13.1. The number of ether oxygens (including phenoxy) is 1. The molecule has 11 heteroatoms. The van der Waals surface area contributed by atoms with Gasteiger partial charge in [-0.15, -0.1) is 0 Å². The maximum Gasteiger partial charge on any atom is 0.416 e. The van der Waals surface area contributed by atoms with Crippen LogP contribution in [0.4, 0.5) is 13.2 Å². The minimum atomic E-state index is -4.56. The Labute approximate surface area is 225 Å². The fourth-order valence-electron chi connectivity index (χ4n) is 5.44. The number of rotatable bonds is 9. The summed E-state index contributed by atoms with van der Waals surface area (Å²) in [6.07, 6.45) is 0.492. The minimum Gasteiger partial charge on any atom is -0.384 e. The summed E-state index contributed by atoms with van der Waals surface area (Å²) in [5, 5.41) is 17.2. The smallest absolute Gasteiger partial charge is 0.384 e. The largest absolute Gasteiger partial charge is 0.416 e. The molecule has 2 aromatic rings. The predicted molar refractivity (Wildman–Crippen MR) is 138 cm³/mol. The average molecular weight is 549 g/mol. The molecule has 2 aliphatic rings. The van der Waals surface area contributed by atoms with Crippen molar-refractivity contribution in [2.24, 2.45) is 0 Å². The second-order valence-electron chi connectivity index (χ2n) is 10.2. The highest BCUT2D eigenvalue weighted by atomic mass is 19.4. The van der Waals surface area contributed by atoms with Crippen LogP contribution < -0.4 is 10.6 Å². The van der Waals surface area contributed by atoms with Gasteiger partial charge in [-0.05, 0) is 69.4 Å². The van der Waals surface area contributed by atoms with Gasteiger partial charge in [0.05, 0.1) is 30.5 Å². The van der Waals surface area contributed by atoms with E-state index in [1.54, 1.807) is 11.1 Å². The van der Waals surface area contributed by atoms with Crippen molar-refractivity contribution in [3.63, 3.8) is 0 Å². The van der Waals surface area contributed by atoms with Gasteiger partial charge in [-0.3, -0.25) is 14.6 Å². The molecule has 8 nitrogen and oxygen atoms in total. The Hall–Kier alpha value is -3.02. The van der Waals surface area contributed by atoms with Crippen LogP contribution in [-0.2, 0) is 21.3 Å². The number of carbonyl (C=O) groups is 2. The number of halogens is 3. The van der Waals surface area contributed by atoms with Gasteiger partial charge in [0.25, 0.3) is 5.91 Å². The molecule has 39 heavy (non-hydrogen) atoms. The minimum absolute atomic E-state index is 0.0182. The number of aromatic nitrogens is 1. The van der Waals surface area contributed by atoms with E-state index in [2.05, 4.69) is 15.6 Å². The molecule has 1 aromatic carbocycles. The van der Waals surface area contributed by atoms with E-state index in [1.807, 2.05) is 25.1 Å². The van der Waals surface area contributed by atoms with Crippen LogP contribution in [0.2, 0.25) is 0 Å². The van der Waals surface area contributed by atoms with Crippen molar-refractivity contribution in [1.29, 1.82) is 0 Å². The molecule has 212 valence electrons. The first-order chi connectivity index (χ1) is 18.6. The number of nitrogens with zero attached hydrogens (tertiary/aromatic N) is 2. The van der Waals surface area contributed by atoms with Crippen LogP contribution >= 0.6 is 0 Å². The molecule has 2 amide bonds. The van der Waals surface area contributed by atoms with Crippen molar-refractivity contribution in [2.45, 2.75) is 68.9 Å². The van der Waals surface area contributed by atoms with Crippen LogP contribution in [0.5, 0.6) is 0 Å². The van der Waals surface area contributed by atoms with Crippen LogP contribution in [0.3, 0.4) is 0 Å². The van der Waals surface area contributed by atoms with Crippen molar-refractivity contribution in [2.75, 3.05) is 26.3 Å². The van der Waals surface area contributed by atoms with E-state index in [9.17, 15) is 27.9 Å². The predicted octanol–water partition coefficient (Wildman–Crippen LogP) is 3.26. The third-order valence-corrected chi connectivity index (χ3v) is 7.53. The number of benzene rings is 1. The Bertz CT molecular complexity index is 1120. The van der Waals surface area contributed by atoms with E-state index in [1.165, 1.54) is 6.07 Å². The molecule has 2 unspecified atom stereocenters. The number of likely N-dealkylation sites (tertiary alicyclic amines) is 1. The van der Waals surface area contributed by atoms with Crippen molar-refractivity contribution in [3.05, 3.63) is 65.5 Å². The lowest BCUT2D eigenvalue weighted by atomic mass is 9.79. The highest BCUT2D eigenvalue weighted by molar-refractivity contribution is 5.96. The highest BCUT2D eigenvalue weighted by Gasteiger charge is 2.39. The summed E-state index contributed by atoms with van der Waals surface area (Å²) in [5.74, 6) is -1.07. The molecule has 0 spiro atoms. The Morgan fingerprint density at radius 3 is 2.59 bits per heavy atom. The molecule has 2 heterocycles. The third kappa shape index (κ3) is 7.34. The molecule has 2 fully saturated rings. The summed E-state index contributed by atoms with van der Waals surface area (Å²) in [7, 11) is 0. The zero-order valence-corrected chi connectivity index (χ0v) is 21.9. The van der Waals surface area contributed by atoms with Crippen molar-refractivity contribution in [1.82, 2.24) is 20.5 Å². The van der Waals surface area contributed by atoms with Gasteiger partial charge in [-0.1, -0.05) is 12.1 Å². The normalized spacial score (nSPS) is 25.5. The van der Waals surface area contributed by atoms with Crippen molar-refractivity contribution in [3.8, 4) is 0 Å². The molecule has 1 saturated heterocycles. The van der Waals surface area contributed by atoms with Gasteiger partial charge >= 0.3 is 6.18 Å². The van der Waals surface area contributed by atoms with E-state index in [0.717, 1.165) is 31.0 Å². The fraction of sp³-hybridized carbons (Fsp3) is 0.536. The lowest BCUT2D eigenvalue weighted by Gasteiger charge is -2.37. The van der Waals surface area contributed by atoms with Crippen LogP contribution in [0, 0.1) is 0 Å². The van der Waals surface area contributed by atoms with Gasteiger partial charge in [0, 0.05) is 37.0 Å². The van der Waals surface area contributed by atoms with Crippen molar-refractivity contribution >= 4 is 11.8 Å². The Kier molecular flexibility index (Phi) is 9.24. The van der Waals surface area contributed by atoms with Gasteiger partial charge in [0.1, 0.15) is 5.60 Å². The standard InChI is InChI=1S/C28H35F3N4O4/c1-2-39-18-23-15-22(34-21-9-11-27(38,12-10-21)24-8-3-4-13-32-24)17-35(23)25(36)16-33-26(37)19-6-5-7-20(14-19)28(29,30)31/h3-8,13-14,21-23,34,38H,2,9-12,15-18H2,1H3,(H,33,37). The number of hydrogen-bond donors (Lipinski definition) is 3. The summed E-state index contributed by atoms with van der Waals surface area (Å²) >= 11 is 0.